The van der Waals surface area contributed by atoms with Crippen molar-refractivity contribution in [3.63, 3.8) is 0 Å². The molecule has 1 saturated heterocycles. The Labute approximate surface area is 165 Å². The van der Waals surface area contributed by atoms with Gasteiger partial charge in [0.2, 0.25) is 11.8 Å². The Balaban J connectivity index is 1.24. The van der Waals surface area contributed by atoms with Crippen LogP contribution in [0.4, 0.5) is 4.79 Å². The van der Waals surface area contributed by atoms with Crippen LogP contribution in [-0.4, -0.2) is 71.8 Å². The van der Waals surface area contributed by atoms with Crippen molar-refractivity contribution >= 4 is 17.8 Å². The number of nitrogens with zero attached hydrogens (tertiary/aromatic N) is 3. The van der Waals surface area contributed by atoms with E-state index in [0.29, 0.717) is 32.7 Å². The molecule has 4 amide bonds. The molecule has 0 spiro atoms. The number of hydrogen-bond acceptors (Lipinski definition) is 3. The summed E-state index contributed by atoms with van der Waals surface area (Å²) in [4.78, 5) is 42.7. The van der Waals surface area contributed by atoms with Gasteiger partial charge in [-0.3, -0.25) is 9.59 Å². The fraction of sp³-hybridized carbons (Fsp3) is 0.571. The number of nitrogens with one attached hydrogen (secondary N) is 1. The van der Waals surface area contributed by atoms with Crippen LogP contribution in [0.1, 0.15) is 30.4 Å². The molecule has 7 heteroatoms. The van der Waals surface area contributed by atoms with Crippen LogP contribution in [0.15, 0.2) is 24.3 Å². The van der Waals surface area contributed by atoms with E-state index in [0.717, 1.165) is 32.2 Å². The third kappa shape index (κ3) is 4.29. The van der Waals surface area contributed by atoms with Crippen molar-refractivity contribution in [2.75, 3.05) is 39.3 Å². The van der Waals surface area contributed by atoms with Crippen LogP contribution in [-0.2, 0) is 22.6 Å². The lowest BCUT2D eigenvalue weighted by Crippen LogP contribution is -2.47. The first-order valence-electron chi connectivity index (χ1n) is 10.3. The molecule has 2 heterocycles. The highest BCUT2D eigenvalue weighted by atomic mass is 16.2. The summed E-state index contributed by atoms with van der Waals surface area (Å²) in [5, 5.41) is 2.78. The van der Waals surface area contributed by atoms with Gasteiger partial charge in [0.15, 0.2) is 0 Å². The molecule has 1 aromatic carbocycles. The van der Waals surface area contributed by atoms with Gasteiger partial charge in [-0.05, 0) is 36.8 Å². The highest BCUT2D eigenvalue weighted by Gasteiger charge is 2.34. The van der Waals surface area contributed by atoms with Gasteiger partial charge < -0.3 is 20.0 Å². The smallest absolute Gasteiger partial charge is 0.318 e. The summed E-state index contributed by atoms with van der Waals surface area (Å²) in [7, 11) is 0. The number of urea groups is 1. The number of amides is 4. The van der Waals surface area contributed by atoms with E-state index in [-0.39, 0.29) is 30.3 Å². The molecule has 1 N–H and O–H groups in total. The van der Waals surface area contributed by atoms with Crippen LogP contribution in [0.2, 0.25) is 0 Å². The first-order valence-corrected chi connectivity index (χ1v) is 10.3. The number of carbonyl (C=O) groups is 3. The van der Waals surface area contributed by atoms with Crippen molar-refractivity contribution in [3.8, 4) is 0 Å². The zero-order valence-corrected chi connectivity index (χ0v) is 16.2. The Bertz CT molecular complexity index is 762. The van der Waals surface area contributed by atoms with Crippen LogP contribution in [0.5, 0.6) is 0 Å². The number of fused-ring (bicyclic) bond motifs is 1. The van der Waals surface area contributed by atoms with Gasteiger partial charge in [0.05, 0.1) is 6.54 Å². The van der Waals surface area contributed by atoms with Gasteiger partial charge in [-0.15, -0.1) is 0 Å². The Morgan fingerprint density at radius 1 is 0.893 bits per heavy atom. The molecule has 0 atom stereocenters. The van der Waals surface area contributed by atoms with E-state index in [9.17, 15) is 14.4 Å². The van der Waals surface area contributed by atoms with Crippen LogP contribution in [0.25, 0.3) is 0 Å². The van der Waals surface area contributed by atoms with Crippen molar-refractivity contribution < 1.29 is 14.4 Å². The van der Waals surface area contributed by atoms with E-state index in [2.05, 4.69) is 11.4 Å². The summed E-state index contributed by atoms with van der Waals surface area (Å²) < 4.78 is 0. The maximum Gasteiger partial charge on any atom is 0.318 e. The van der Waals surface area contributed by atoms with Gasteiger partial charge in [0.1, 0.15) is 0 Å². The van der Waals surface area contributed by atoms with Crippen LogP contribution in [0, 0.1) is 5.92 Å². The lowest BCUT2D eigenvalue weighted by atomic mass is 10.0. The molecule has 150 valence electrons. The molecule has 7 nitrogen and oxygen atoms in total. The first kappa shape index (κ1) is 18.8. The summed E-state index contributed by atoms with van der Waals surface area (Å²) >= 11 is 0. The van der Waals surface area contributed by atoms with Gasteiger partial charge in [-0.1, -0.05) is 24.3 Å². The normalized spacial score (nSPS) is 19.6. The third-order valence-electron chi connectivity index (χ3n) is 5.90. The largest absolute Gasteiger partial charge is 0.341 e. The van der Waals surface area contributed by atoms with Crippen molar-refractivity contribution in [3.05, 3.63) is 35.4 Å². The molecular formula is C21H28N4O3. The quantitative estimate of drug-likeness (QED) is 0.852. The highest BCUT2D eigenvalue weighted by Crippen LogP contribution is 2.31. The summed E-state index contributed by atoms with van der Waals surface area (Å²) in [6.45, 7) is 3.76. The molecule has 0 radical (unpaired) electrons. The minimum Gasteiger partial charge on any atom is -0.341 e. The second-order valence-corrected chi connectivity index (χ2v) is 7.93. The van der Waals surface area contributed by atoms with Crippen molar-refractivity contribution in [1.29, 1.82) is 0 Å². The molecule has 0 unspecified atom stereocenters. The maximum absolute atomic E-state index is 12.5. The average Bonchev–Trinajstić information content (AvgIpc) is 3.57. The first-order chi connectivity index (χ1) is 13.6. The standard InChI is InChI=1S/C21H28N4O3/c26-19(23-9-3-10-24(13-12-23)20(27)17-6-7-17)14-22-21(28)25-11-8-16-4-1-2-5-18(16)15-25/h1-2,4-5,17H,3,6-15H2,(H,22,28). The fourth-order valence-electron chi connectivity index (χ4n) is 4.02. The third-order valence-corrected chi connectivity index (χ3v) is 5.90. The van der Waals surface area contributed by atoms with Crippen molar-refractivity contribution in [2.45, 2.75) is 32.2 Å². The molecule has 0 aromatic heterocycles. The summed E-state index contributed by atoms with van der Waals surface area (Å²) in [6.07, 6.45) is 3.64. The van der Waals surface area contributed by atoms with E-state index in [4.69, 9.17) is 0 Å². The van der Waals surface area contributed by atoms with E-state index < -0.39 is 0 Å². The molecular weight excluding hydrogens is 356 g/mol. The molecule has 4 rings (SSSR count). The van der Waals surface area contributed by atoms with Gasteiger partial charge >= 0.3 is 6.03 Å². The zero-order valence-electron chi connectivity index (χ0n) is 16.2. The zero-order chi connectivity index (χ0) is 19.5. The predicted molar refractivity (Wildman–Crippen MR) is 104 cm³/mol. The van der Waals surface area contributed by atoms with Crippen LogP contribution >= 0.6 is 0 Å². The van der Waals surface area contributed by atoms with E-state index in [1.807, 2.05) is 23.1 Å². The lowest BCUT2D eigenvalue weighted by molar-refractivity contribution is -0.133. The number of carbonyl (C=O) groups excluding carboxylic acids is 3. The number of hydrogen-bond donors (Lipinski definition) is 1. The highest BCUT2D eigenvalue weighted by molar-refractivity contribution is 5.84. The van der Waals surface area contributed by atoms with Gasteiger partial charge in [-0.2, -0.15) is 0 Å². The molecule has 2 aliphatic heterocycles. The van der Waals surface area contributed by atoms with Gasteiger partial charge in [0.25, 0.3) is 0 Å². The van der Waals surface area contributed by atoms with Crippen LogP contribution < -0.4 is 5.32 Å². The molecule has 1 aliphatic carbocycles. The monoisotopic (exact) mass is 384 g/mol. The maximum atomic E-state index is 12.5. The number of benzene rings is 1. The van der Waals surface area contributed by atoms with E-state index in [1.165, 1.54) is 11.1 Å². The Morgan fingerprint density at radius 2 is 1.61 bits per heavy atom. The second-order valence-electron chi connectivity index (χ2n) is 7.93. The molecule has 2 fully saturated rings. The van der Waals surface area contributed by atoms with Gasteiger partial charge in [-0.25, -0.2) is 4.79 Å². The van der Waals surface area contributed by atoms with E-state index >= 15 is 0 Å². The topological polar surface area (TPSA) is 73.0 Å². The Kier molecular flexibility index (Phi) is 5.50. The molecule has 1 aromatic rings. The van der Waals surface area contributed by atoms with Gasteiger partial charge in [0, 0.05) is 45.2 Å². The SMILES string of the molecule is O=C(CNC(=O)N1CCc2ccccc2C1)N1CCCN(C(=O)C2CC2)CC1. The molecule has 3 aliphatic rings. The average molecular weight is 384 g/mol. The number of rotatable bonds is 3. The minimum atomic E-state index is -0.191. The molecule has 28 heavy (non-hydrogen) atoms. The Morgan fingerprint density at radius 3 is 2.39 bits per heavy atom. The summed E-state index contributed by atoms with van der Waals surface area (Å²) in [5.74, 6) is 0.385. The van der Waals surface area contributed by atoms with Crippen molar-refractivity contribution in [2.24, 2.45) is 5.92 Å². The Hall–Kier alpha value is -2.57. The second kappa shape index (κ2) is 8.20. The summed E-state index contributed by atoms with van der Waals surface area (Å²) in [5.41, 5.74) is 2.46. The van der Waals surface area contributed by atoms with Crippen molar-refractivity contribution in [1.82, 2.24) is 20.0 Å². The van der Waals surface area contributed by atoms with Crippen LogP contribution in [0.3, 0.4) is 0 Å². The minimum absolute atomic E-state index is 0.00749. The predicted octanol–water partition coefficient (Wildman–Crippen LogP) is 1.23. The fourth-order valence-corrected chi connectivity index (χ4v) is 4.02. The lowest BCUT2D eigenvalue weighted by Gasteiger charge is -2.29. The van der Waals surface area contributed by atoms with E-state index in [1.54, 1.807) is 9.80 Å². The summed E-state index contributed by atoms with van der Waals surface area (Å²) in [6, 6.07) is 7.97. The molecule has 0 bridgehead atoms. The molecule has 1 saturated carbocycles.